The number of benzene rings is 2. The van der Waals surface area contributed by atoms with Gasteiger partial charge in [0, 0.05) is 29.1 Å². The Bertz CT molecular complexity index is 2050. The summed E-state index contributed by atoms with van der Waals surface area (Å²) in [6.45, 7) is 24.7. The van der Waals surface area contributed by atoms with Crippen LogP contribution in [-0.2, 0) is 9.36 Å². The van der Waals surface area contributed by atoms with Gasteiger partial charge in [0.25, 0.3) is 0 Å². The number of aliphatic hydroxyl groups excluding tert-OH is 1. The minimum Gasteiger partial charge on any atom is -0.393 e. The number of carbonyl (C=O) groups is 1. The van der Waals surface area contributed by atoms with Crippen LogP contribution >= 0.6 is 7.14 Å². The van der Waals surface area contributed by atoms with Crippen LogP contribution in [0.4, 0.5) is 0 Å². The Morgan fingerprint density at radius 1 is 0.721 bits per heavy atom. The maximum atomic E-state index is 14.0. The Morgan fingerprint density at radius 3 is 1.84 bits per heavy atom. The number of ketones is 1. The number of hydrogen-bond donors (Lipinski definition) is 1. The second-order valence-corrected chi connectivity index (χ2v) is 23.3. The van der Waals surface area contributed by atoms with Gasteiger partial charge in [-0.2, -0.15) is 0 Å². The Balaban J connectivity index is 0.000000158. The molecule has 3 nitrogen and oxygen atoms in total. The summed E-state index contributed by atoms with van der Waals surface area (Å²) in [4.78, 5) is 11.8. The van der Waals surface area contributed by atoms with Crippen LogP contribution in [0.3, 0.4) is 0 Å². The molecule has 0 spiro atoms. The van der Waals surface area contributed by atoms with Crippen molar-refractivity contribution < 1.29 is 14.5 Å². The molecule has 0 aromatic heterocycles. The van der Waals surface area contributed by atoms with E-state index in [1.165, 1.54) is 66.4 Å². The molecule has 0 amide bonds. The zero-order valence-corrected chi connectivity index (χ0v) is 39.8. The van der Waals surface area contributed by atoms with Crippen molar-refractivity contribution in [2.24, 2.45) is 40.4 Å². The van der Waals surface area contributed by atoms with Crippen LogP contribution in [0.25, 0.3) is 0 Å². The zero-order chi connectivity index (χ0) is 44.0. The van der Waals surface area contributed by atoms with Gasteiger partial charge in [-0.05, 0) is 129 Å². The highest BCUT2D eigenvalue weighted by Crippen LogP contribution is 2.57. The van der Waals surface area contributed by atoms with Gasteiger partial charge in [0.2, 0.25) is 0 Å². The van der Waals surface area contributed by atoms with E-state index in [1.54, 1.807) is 11.1 Å². The highest BCUT2D eigenvalue weighted by molar-refractivity contribution is 7.78. The molecule has 6 aliphatic rings. The molecule has 6 aliphatic carbocycles. The van der Waals surface area contributed by atoms with E-state index in [2.05, 4.69) is 92.0 Å². The molecule has 0 saturated heterocycles. The normalized spacial score (nSPS) is 31.0. The second kappa shape index (κ2) is 20.3. The fourth-order valence-electron chi connectivity index (χ4n) is 12.0. The van der Waals surface area contributed by atoms with Gasteiger partial charge in [-0.25, -0.2) is 0 Å². The van der Waals surface area contributed by atoms with Crippen LogP contribution in [0.2, 0.25) is 0 Å². The first-order valence-corrected chi connectivity index (χ1v) is 25.7. The van der Waals surface area contributed by atoms with Crippen LogP contribution < -0.4 is 10.6 Å². The molecule has 6 unspecified atom stereocenters. The Kier molecular flexibility index (Phi) is 15.7. The number of carbonyl (C=O) groups excluding carboxylic acids is 1. The van der Waals surface area contributed by atoms with Crippen molar-refractivity contribution in [1.29, 1.82) is 0 Å². The molecule has 0 heterocycles. The molecule has 2 aromatic carbocycles. The fraction of sp³-hybridized carbons (Fsp3) is 0.526. The van der Waals surface area contributed by atoms with Crippen LogP contribution in [0, 0.1) is 40.4 Å². The molecule has 0 radical (unpaired) electrons. The van der Waals surface area contributed by atoms with Crippen LogP contribution in [0.5, 0.6) is 0 Å². The molecule has 8 rings (SSSR count). The summed E-state index contributed by atoms with van der Waals surface area (Å²) < 4.78 is 14.0. The lowest BCUT2D eigenvalue weighted by molar-refractivity contribution is -0.128. The third-order valence-corrected chi connectivity index (χ3v) is 18.4. The molecule has 6 atom stereocenters. The molecule has 4 saturated carbocycles. The van der Waals surface area contributed by atoms with Gasteiger partial charge in [-0.3, -0.25) is 4.79 Å². The summed E-state index contributed by atoms with van der Waals surface area (Å²) in [5.41, 5.74) is 10.4. The Labute approximate surface area is 370 Å². The largest absolute Gasteiger partial charge is 0.393 e. The first-order valence-electron chi connectivity index (χ1n) is 23.8. The smallest absolute Gasteiger partial charge is 0.146 e. The highest BCUT2D eigenvalue weighted by Gasteiger charge is 2.47. The van der Waals surface area contributed by atoms with Gasteiger partial charge in [-0.15, -0.1) is 0 Å². The summed E-state index contributed by atoms with van der Waals surface area (Å²) in [6, 6.07) is 19.8. The Hall–Kier alpha value is -3.52. The standard InChI is InChI=1S/C22H25OP.C22H32O.C13H20O/c1-18-13-14-19(2)20(17-18)15-16-24(23,21-9-5-3-6-10-21)22-11-7-4-8-12-22;1-15(2)20-11-12-21-17(6-5-13-22(20,21)4)8-9-18-14-19(23)10-7-16(18)3;1-9(2)10-6-7-11-12(14)5-4-8-13(10,11)3/h3-12,15,18H,2,13-14,16-17H2,1H3;8-9,11,15,19,21,23H,3,5-7,10,12-14H2,1-2,4H3;6,9,11H,4-5,7-8H2,1-3H3/b20-15-;17-8+,18-9-;. The van der Waals surface area contributed by atoms with Crippen molar-refractivity contribution in [3.8, 4) is 0 Å². The van der Waals surface area contributed by atoms with Gasteiger partial charge in [-0.1, -0.05) is 181 Å². The van der Waals surface area contributed by atoms with Gasteiger partial charge >= 0.3 is 0 Å². The predicted molar refractivity (Wildman–Crippen MR) is 261 cm³/mol. The maximum absolute atomic E-state index is 14.0. The number of allylic oxidation sites excluding steroid dienone is 11. The number of Topliss-reactive ketones (excluding diaryl/α,β-unsaturated/α-hetero) is 1. The lowest BCUT2D eigenvalue weighted by Gasteiger charge is -2.42. The third kappa shape index (κ3) is 10.6. The quantitative estimate of drug-likeness (QED) is 0.223. The van der Waals surface area contributed by atoms with Crippen LogP contribution in [0.1, 0.15) is 138 Å². The predicted octanol–water partition coefficient (Wildman–Crippen LogP) is 14.4. The van der Waals surface area contributed by atoms with Crippen molar-refractivity contribution >= 4 is 23.5 Å². The topological polar surface area (TPSA) is 54.4 Å². The average Bonchev–Trinajstić information content (AvgIpc) is 3.80. The molecular weight excluding hydrogens is 764 g/mol. The van der Waals surface area contributed by atoms with Crippen LogP contribution in [-0.4, -0.2) is 23.2 Å². The molecular formula is C57H77O3P. The van der Waals surface area contributed by atoms with Crippen molar-refractivity contribution in [3.05, 3.63) is 143 Å². The maximum Gasteiger partial charge on any atom is 0.146 e. The monoisotopic (exact) mass is 841 g/mol. The summed E-state index contributed by atoms with van der Waals surface area (Å²) in [5.74, 6) is 3.47. The molecule has 1 N–H and O–H groups in total. The summed E-state index contributed by atoms with van der Waals surface area (Å²) in [6.07, 6.45) is 27.2. The summed E-state index contributed by atoms with van der Waals surface area (Å²) >= 11 is 0. The molecule has 61 heavy (non-hydrogen) atoms. The number of fused-ring (bicyclic) bond motifs is 2. The van der Waals surface area contributed by atoms with Crippen molar-refractivity contribution in [1.82, 2.24) is 0 Å². The molecule has 328 valence electrons. The van der Waals surface area contributed by atoms with E-state index in [-0.39, 0.29) is 11.5 Å². The first-order chi connectivity index (χ1) is 29.1. The summed E-state index contributed by atoms with van der Waals surface area (Å²) in [7, 11) is -2.65. The van der Waals surface area contributed by atoms with E-state index in [4.69, 9.17) is 0 Å². The lowest BCUT2D eigenvalue weighted by atomic mass is 9.62. The van der Waals surface area contributed by atoms with Gasteiger partial charge in [0.1, 0.15) is 12.9 Å². The fourth-order valence-corrected chi connectivity index (χ4v) is 14.5. The average molecular weight is 841 g/mol. The van der Waals surface area contributed by atoms with Crippen LogP contribution in [0.15, 0.2) is 143 Å². The lowest BCUT2D eigenvalue weighted by Crippen LogP contribution is -2.36. The van der Waals surface area contributed by atoms with Crippen molar-refractivity contribution in [2.75, 3.05) is 6.16 Å². The van der Waals surface area contributed by atoms with Crippen molar-refractivity contribution in [3.63, 3.8) is 0 Å². The highest BCUT2D eigenvalue weighted by atomic mass is 31.2. The van der Waals surface area contributed by atoms with E-state index >= 15 is 0 Å². The van der Waals surface area contributed by atoms with E-state index in [9.17, 15) is 14.5 Å². The second-order valence-electron chi connectivity index (χ2n) is 20.4. The summed E-state index contributed by atoms with van der Waals surface area (Å²) in [5, 5.41) is 11.8. The minimum atomic E-state index is -2.65. The van der Waals surface area contributed by atoms with Gasteiger partial charge < -0.3 is 9.67 Å². The van der Waals surface area contributed by atoms with Gasteiger partial charge in [0.05, 0.1) is 6.10 Å². The first kappa shape index (κ1) is 47.0. The molecule has 4 fully saturated rings. The number of hydrogen-bond acceptors (Lipinski definition) is 3. The molecule has 0 aliphatic heterocycles. The van der Waals surface area contributed by atoms with E-state index < -0.39 is 7.14 Å². The van der Waals surface area contributed by atoms with E-state index in [0.29, 0.717) is 46.9 Å². The molecule has 4 heteroatoms. The Morgan fingerprint density at radius 2 is 1.25 bits per heavy atom. The number of rotatable bonds is 7. The minimum absolute atomic E-state index is 0.178. The number of aliphatic hydroxyl groups is 1. The third-order valence-electron chi connectivity index (χ3n) is 15.5. The SMILES string of the molecule is C=C1CCC(C)C/C1=C/CP(=O)(c1ccccc1)c1ccccc1.C=C1CCC(O)C/C1=C/C=C1\CCCC2(C)C(C(C)C)=CCC12.CC(C)C1=CCC2C(=O)CCCC12C. The van der Waals surface area contributed by atoms with Crippen molar-refractivity contribution in [2.45, 2.75) is 144 Å². The van der Waals surface area contributed by atoms with Gasteiger partial charge in [0.15, 0.2) is 0 Å². The molecule has 2 aromatic rings. The van der Waals surface area contributed by atoms with E-state index in [0.717, 1.165) is 62.0 Å². The molecule has 0 bridgehead atoms. The zero-order valence-electron chi connectivity index (χ0n) is 38.9. The van der Waals surface area contributed by atoms with E-state index in [1.807, 2.05) is 60.7 Å².